The number of hydrogen-bond acceptors (Lipinski definition) is 2. The van der Waals surface area contributed by atoms with E-state index in [9.17, 15) is 4.79 Å². The van der Waals surface area contributed by atoms with E-state index in [0.29, 0.717) is 6.54 Å². The zero-order valence-corrected chi connectivity index (χ0v) is 12.0. The lowest BCUT2D eigenvalue weighted by molar-refractivity contribution is 0.0948. The lowest BCUT2D eigenvalue weighted by Crippen LogP contribution is -2.25. The van der Waals surface area contributed by atoms with Gasteiger partial charge in [-0.2, -0.15) is 0 Å². The topological polar surface area (TPSA) is 42.0 Å². The van der Waals surface area contributed by atoms with Crippen molar-refractivity contribution < 1.29 is 4.79 Å². The van der Waals surface area contributed by atoms with Gasteiger partial charge in [-0.3, -0.25) is 4.79 Å². The first-order valence-corrected chi connectivity index (χ1v) is 6.48. The first kappa shape index (κ1) is 14.8. The zero-order valence-electron chi connectivity index (χ0n) is 8.99. The van der Waals surface area contributed by atoms with Crippen molar-refractivity contribution in [1.82, 2.24) is 10.3 Å². The summed E-state index contributed by atoms with van der Waals surface area (Å²) in [5.74, 6) is -0.413. The fourth-order valence-electron chi connectivity index (χ4n) is 1.10. The van der Waals surface area contributed by atoms with Crippen LogP contribution in [0.4, 0.5) is 0 Å². The molecule has 1 rings (SSSR count). The second-order valence-corrected chi connectivity index (χ2v) is 4.79. The summed E-state index contributed by atoms with van der Waals surface area (Å²) in [5.41, 5.74) is -0.0119. The Morgan fingerprint density at radius 1 is 1.18 bits per heavy atom. The Bertz CT molecular complexity index is 437. The number of nitrogens with one attached hydrogen (secondary N) is 1. The van der Waals surface area contributed by atoms with Crippen molar-refractivity contribution in [1.29, 1.82) is 0 Å². The van der Waals surface area contributed by atoms with Crippen LogP contribution >= 0.6 is 46.4 Å². The molecule has 94 valence electrons. The Hall–Kier alpha value is -0.220. The summed E-state index contributed by atoms with van der Waals surface area (Å²) in [6, 6.07) is 0. The number of carbonyl (C=O) groups excluding carboxylic acids is 1. The fraction of sp³-hybridized carbons (Fsp3) is 0.400. The molecule has 0 bridgehead atoms. The summed E-state index contributed by atoms with van der Waals surface area (Å²) >= 11 is 23.2. The van der Waals surface area contributed by atoms with Crippen LogP contribution in [0.15, 0.2) is 0 Å². The summed E-state index contributed by atoms with van der Waals surface area (Å²) in [5, 5.41) is 2.72. The summed E-state index contributed by atoms with van der Waals surface area (Å²) in [4.78, 5) is 15.6. The van der Waals surface area contributed by atoms with Gasteiger partial charge in [0.05, 0.1) is 15.1 Å². The molecule has 0 atom stereocenters. The number of nitrogens with zero attached hydrogens (tertiary/aromatic N) is 1. The van der Waals surface area contributed by atoms with E-state index in [4.69, 9.17) is 46.4 Å². The van der Waals surface area contributed by atoms with Crippen molar-refractivity contribution in [3.05, 3.63) is 25.9 Å². The van der Waals surface area contributed by atoms with E-state index in [-0.39, 0.29) is 25.9 Å². The number of aromatic nitrogens is 1. The van der Waals surface area contributed by atoms with Crippen LogP contribution in [0, 0.1) is 0 Å². The third-order valence-electron chi connectivity index (χ3n) is 2.02. The van der Waals surface area contributed by atoms with Gasteiger partial charge in [0.1, 0.15) is 10.8 Å². The molecular weight excluding hydrogens is 306 g/mol. The standard InChI is InChI=1S/C10H10Cl4N2O/c1-2-3-4-15-10(17)8-6(12)5(11)7(13)9(14)16-8/h2-4H2,1H3,(H,15,17). The Balaban J connectivity index is 2.94. The van der Waals surface area contributed by atoms with E-state index in [1.54, 1.807) is 0 Å². The van der Waals surface area contributed by atoms with Crippen molar-refractivity contribution in [2.75, 3.05) is 6.54 Å². The van der Waals surface area contributed by atoms with Gasteiger partial charge in [-0.1, -0.05) is 59.7 Å². The largest absolute Gasteiger partial charge is 0.351 e. The van der Waals surface area contributed by atoms with Gasteiger partial charge in [-0.15, -0.1) is 0 Å². The van der Waals surface area contributed by atoms with Gasteiger partial charge in [-0.25, -0.2) is 4.98 Å². The van der Waals surface area contributed by atoms with Gasteiger partial charge in [0.2, 0.25) is 0 Å². The zero-order chi connectivity index (χ0) is 13.0. The van der Waals surface area contributed by atoms with Gasteiger partial charge in [0.15, 0.2) is 0 Å². The molecule has 0 aliphatic heterocycles. The monoisotopic (exact) mass is 314 g/mol. The molecule has 17 heavy (non-hydrogen) atoms. The van der Waals surface area contributed by atoms with Crippen molar-refractivity contribution >= 4 is 52.3 Å². The van der Waals surface area contributed by atoms with Crippen LogP contribution in [0.2, 0.25) is 20.2 Å². The Morgan fingerprint density at radius 3 is 2.41 bits per heavy atom. The fourth-order valence-corrected chi connectivity index (χ4v) is 1.91. The average Bonchev–Trinajstić information content (AvgIpc) is 2.31. The van der Waals surface area contributed by atoms with Crippen molar-refractivity contribution in [3.8, 4) is 0 Å². The van der Waals surface area contributed by atoms with Crippen LogP contribution < -0.4 is 5.32 Å². The molecule has 0 spiro atoms. The summed E-state index contributed by atoms with van der Waals surface area (Å²) in [7, 11) is 0. The van der Waals surface area contributed by atoms with Gasteiger partial charge in [0.25, 0.3) is 5.91 Å². The van der Waals surface area contributed by atoms with Crippen molar-refractivity contribution in [3.63, 3.8) is 0 Å². The maximum atomic E-state index is 11.7. The Kier molecular flexibility index (Phi) is 5.80. The molecule has 3 nitrogen and oxygen atoms in total. The molecule has 0 radical (unpaired) electrons. The highest BCUT2D eigenvalue weighted by molar-refractivity contribution is 6.52. The predicted molar refractivity (Wildman–Crippen MR) is 71.5 cm³/mol. The number of pyridine rings is 1. The van der Waals surface area contributed by atoms with Crippen LogP contribution in [0.5, 0.6) is 0 Å². The molecule has 7 heteroatoms. The van der Waals surface area contributed by atoms with Crippen LogP contribution in [-0.2, 0) is 0 Å². The van der Waals surface area contributed by atoms with Crippen LogP contribution in [0.25, 0.3) is 0 Å². The molecule has 1 heterocycles. The first-order chi connectivity index (χ1) is 7.99. The van der Waals surface area contributed by atoms with Gasteiger partial charge in [0, 0.05) is 6.54 Å². The number of rotatable bonds is 4. The highest BCUT2D eigenvalue weighted by Crippen LogP contribution is 2.35. The molecule has 0 aliphatic carbocycles. The number of carbonyl (C=O) groups is 1. The average molecular weight is 316 g/mol. The smallest absolute Gasteiger partial charge is 0.271 e. The van der Waals surface area contributed by atoms with Gasteiger partial charge in [-0.05, 0) is 6.42 Å². The van der Waals surface area contributed by atoms with Crippen LogP contribution in [-0.4, -0.2) is 17.4 Å². The minimum atomic E-state index is -0.413. The van der Waals surface area contributed by atoms with Crippen LogP contribution in [0.3, 0.4) is 0 Å². The molecule has 1 amide bonds. The normalized spacial score (nSPS) is 10.4. The molecule has 1 aromatic rings. The minimum absolute atomic E-state index is 0.00932. The van der Waals surface area contributed by atoms with Crippen LogP contribution in [0.1, 0.15) is 30.3 Å². The predicted octanol–water partition coefficient (Wildman–Crippen LogP) is 4.23. The van der Waals surface area contributed by atoms with Crippen molar-refractivity contribution in [2.45, 2.75) is 19.8 Å². The molecular formula is C10H10Cl4N2O. The first-order valence-electron chi connectivity index (χ1n) is 4.97. The highest BCUT2D eigenvalue weighted by Gasteiger charge is 2.19. The minimum Gasteiger partial charge on any atom is -0.351 e. The third kappa shape index (κ3) is 3.62. The molecule has 0 saturated carbocycles. The third-order valence-corrected chi connectivity index (χ3v) is 3.69. The molecule has 0 saturated heterocycles. The van der Waals surface area contributed by atoms with E-state index in [1.807, 2.05) is 6.92 Å². The second-order valence-electron chi connectivity index (χ2n) is 3.30. The highest BCUT2D eigenvalue weighted by atomic mass is 35.5. The molecule has 0 aromatic carbocycles. The number of amides is 1. The quantitative estimate of drug-likeness (QED) is 0.667. The number of halogens is 4. The second kappa shape index (κ2) is 6.64. The van der Waals surface area contributed by atoms with E-state index in [1.165, 1.54) is 0 Å². The lowest BCUT2D eigenvalue weighted by Gasteiger charge is -2.08. The molecule has 0 unspecified atom stereocenters. The lowest BCUT2D eigenvalue weighted by atomic mass is 10.3. The molecule has 0 fully saturated rings. The van der Waals surface area contributed by atoms with E-state index >= 15 is 0 Å². The van der Waals surface area contributed by atoms with Gasteiger partial charge >= 0.3 is 0 Å². The van der Waals surface area contributed by atoms with Gasteiger partial charge < -0.3 is 5.32 Å². The maximum absolute atomic E-state index is 11.7. The SMILES string of the molecule is CCCCNC(=O)c1nc(Cl)c(Cl)c(Cl)c1Cl. The molecule has 1 N–H and O–H groups in total. The summed E-state index contributed by atoms with van der Waals surface area (Å²) in [6.45, 7) is 2.57. The molecule has 0 aliphatic rings. The van der Waals surface area contributed by atoms with E-state index in [0.717, 1.165) is 12.8 Å². The Labute approximate surface area is 119 Å². The summed E-state index contributed by atoms with van der Waals surface area (Å²) < 4.78 is 0. The Morgan fingerprint density at radius 2 is 1.82 bits per heavy atom. The summed E-state index contributed by atoms with van der Waals surface area (Å²) in [6.07, 6.45) is 1.85. The van der Waals surface area contributed by atoms with Crippen molar-refractivity contribution in [2.24, 2.45) is 0 Å². The van der Waals surface area contributed by atoms with E-state index < -0.39 is 5.91 Å². The number of hydrogen-bond donors (Lipinski definition) is 1. The molecule has 1 aromatic heterocycles. The number of unbranched alkanes of at least 4 members (excludes halogenated alkanes) is 1. The van der Waals surface area contributed by atoms with E-state index in [2.05, 4.69) is 10.3 Å². The maximum Gasteiger partial charge on any atom is 0.271 e.